The average Bonchev–Trinajstić information content (AvgIpc) is 2.88. The topological polar surface area (TPSA) is 35.8 Å². The highest BCUT2D eigenvalue weighted by atomic mass is 14.9. The van der Waals surface area contributed by atoms with E-state index in [1.54, 1.807) is 0 Å². The van der Waals surface area contributed by atoms with E-state index in [2.05, 4.69) is 25.2 Å². The molecule has 0 aromatic carbocycles. The Hall–Kier alpha value is -0.550. The van der Waals surface area contributed by atoms with Crippen molar-refractivity contribution in [2.24, 2.45) is 5.41 Å². The van der Waals surface area contributed by atoms with Gasteiger partial charge in [-0.05, 0) is 31.1 Å². The smallest absolute Gasteiger partial charge is 0.0950 e. The fraction of sp³-hybridized carbons (Fsp3) is 0.909. The summed E-state index contributed by atoms with van der Waals surface area (Å²) in [6.45, 7) is 5.34. The van der Waals surface area contributed by atoms with E-state index in [4.69, 9.17) is 5.26 Å². The van der Waals surface area contributed by atoms with Gasteiger partial charge in [0.25, 0.3) is 0 Å². The van der Waals surface area contributed by atoms with Crippen LogP contribution in [-0.2, 0) is 0 Å². The third-order valence-electron chi connectivity index (χ3n) is 3.02. The van der Waals surface area contributed by atoms with E-state index in [1.807, 2.05) is 0 Å². The van der Waals surface area contributed by atoms with Crippen molar-refractivity contribution in [1.82, 2.24) is 5.32 Å². The lowest BCUT2D eigenvalue weighted by Crippen LogP contribution is -2.32. The molecule has 0 aliphatic heterocycles. The largest absolute Gasteiger partial charge is 0.301 e. The monoisotopic (exact) mass is 180 g/mol. The van der Waals surface area contributed by atoms with Gasteiger partial charge in [0.2, 0.25) is 0 Å². The molecule has 0 radical (unpaired) electrons. The minimum absolute atomic E-state index is 0.0642. The molecule has 1 unspecified atom stereocenters. The Balaban J connectivity index is 2.22. The molecule has 1 rings (SSSR count). The zero-order chi connectivity index (χ0) is 9.73. The van der Waals surface area contributed by atoms with E-state index in [9.17, 15) is 0 Å². The number of rotatable bonds is 6. The quantitative estimate of drug-likeness (QED) is 0.681. The molecule has 0 saturated heterocycles. The molecule has 1 aliphatic carbocycles. The van der Waals surface area contributed by atoms with Crippen molar-refractivity contribution < 1.29 is 0 Å². The number of hydrogen-bond donors (Lipinski definition) is 1. The minimum Gasteiger partial charge on any atom is -0.301 e. The van der Waals surface area contributed by atoms with Crippen LogP contribution in [0, 0.1) is 16.7 Å². The Kier molecular flexibility index (Phi) is 3.74. The lowest BCUT2D eigenvalue weighted by molar-refractivity contribution is 0.404. The van der Waals surface area contributed by atoms with Gasteiger partial charge in [0.15, 0.2) is 0 Å². The van der Waals surface area contributed by atoms with E-state index in [-0.39, 0.29) is 6.04 Å². The van der Waals surface area contributed by atoms with Crippen molar-refractivity contribution >= 4 is 0 Å². The molecule has 0 aromatic heterocycles. The Morgan fingerprint density at radius 1 is 1.46 bits per heavy atom. The van der Waals surface area contributed by atoms with Crippen LogP contribution < -0.4 is 5.32 Å². The van der Waals surface area contributed by atoms with Crippen molar-refractivity contribution in [2.75, 3.05) is 6.54 Å². The van der Waals surface area contributed by atoms with Gasteiger partial charge in [-0.1, -0.05) is 20.3 Å². The molecule has 1 N–H and O–H groups in total. The summed E-state index contributed by atoms with van der Waals surface area (Å²) in [6.07, 6.45) is 6.22. The predicted octanol–water partition coefficient (Wildman–Crippen LogP) is 2.46. The molecule has 1 fully saturated rings. The second-order valence-electron chi connectivity index (χ2n) is 4.22. The third kappa shape index (κ3) is 3.00. The van der Waals surface area contributed by atoms with Gasteiger partial charge in [-0.15, -0.1) is 0 Å². The van der Waals surface area contributed by atoms with Crippen molar-refractivity contribution in [3.63, 3.8) is 0 Å². The van der Waals surface area contributed by atoms with Crippen molar-refractivity contribution in [1.29, 1.82) is 5.26 Å². The lowest BCUT2D eigenvalue weighted by atomic mass is 10.0. The molecule has 0 heterocycles. The molecule has 1 aliphatic rings. The van der Waals surface area contributed by atoms with Crippen molar-refractivity contribution in [3.8, 4) is 6.07 Å². The molecular weight excluding hydrogens is 160 g/mol. The summed E-state index contributed by atoms with van der Waals surface area (Å²) < 4.78 is 0. The second-order valence-corrected chi connectivity index (χ2v) is 4.22. The second kappa shape index (κ2) is 4.62. The molecule has 0 aromatic rings. The van der Waals surface area contributed by atoms with Crippen LogP contribution in [0.15, 0.2) is 0 Å². The molecular formula is C11H20N2. The summed E-state index contributed by atoms with van der Waals surface area (Å²) in [6, 6.07) is 2.35. The third-order valence-corrected chi connectivity index (χ3v) is 3.02. The molecule has 2 heteroatoms. The van der Waals surface area contributed by atoms with Crippen LogP contribution >= 0.6 is 0 Å². The fourth-order valence-electron chi connectivity index (χ4n) is 1.84. The number of hydrogen-bond acceptors (Lipinski definition) is 2. The van der Waals surface area contributed by atoms with Gasteiger partial charge in [0.1, 0.15) is 0 Å². The molecule has 0 bridgehead atoms. The predicted molar refractivity (Wildman–Crippen MR) is 54.3 cm³/mol. The molecule has 0 amide bonds. The van der Waals surface area contributed by atoms with Crippen molar-refractivity contribution in [3.05, 3.63) is 0 Å². The van der Waals surface area contributed by atoms with Crippen LogP contribution in [-0.4, -0.2) is 12.6 Å². The summed E-state index contributed by atoms with van der Waals surface area (Å²) in [5.41, 5.74) is 0.568. The Labute approximate surface area is 81.3 Å². The highest BCUT2D eigenvalue weighted by Crippen LogP contribution is 2.48. The van der Waals surface area contributed by atoms with Crippen LogP contribution in [0.5, 0.6) is 0 Å². The molecule has 2 nitrogen and oxygen atoms in total. The van der Waals surface area contributed by atoms with Crippen LogP contribution in [0.2, 0.25) is 0 Å². The number of nitriles is 1. The highest BCUT2D eigenvalue weighted by molar-refractivity contribution is 4.97. The lowest BCUT2D eigenvalue weighted by Gasteiger charge is -2.16. The first-order valence-corrected chi connectivity index (χ1v) is 5.39. The van der Waals surface area contributed by atoms with Gasteiger partial charge < -0.3 is 5.32 Å². The normalized spacial score (nSPS) is 20.7. The first-order chi connectivity index (χ1) is 6.26. The maximum Gasteiger partial charge on any atom is 0.0950 e. The zero-order valence-corrected chi connectivity index (χ0v) is 8.77. The van der Waals surface area contributed by atoms with Gasteiger partial charge in [-0.3, -0.25) is 0 Å². The summed E-state index contributed by atoms with van der Waals surface area (Å²) in [4.78, 5) is 0. The molecule has 0 spiro atoms. The van der Waals surface area contributed by atoms with Crippen LogP contribution in [0.4, 0.5) is 0 Å². The van der Waals surface area contributed by atoms with Crippen LogP contribution in [0.25, 0.3) is 0 Å². The average molecular weight is 180 g/mol. The van der Waals surface area contributed by atoms with Gasteiger partial charge in [0.05, 0.1) is 12.1 Å². The Morgan fingerprint density at radius 3 is 2.54 bits per heavy atom. The van der Waals surface area contributed by atoms with E-state index in [0.29, 0.717) is 5.41 Å². The van der Waals surface area contributed by atoms with Gasteiger partial charge >= 0.3 is 0 Å². The maximum absolute atomic E-state index is 8.76. The molecule has 1 atom stereocenters. The van der Waals surface area contributed by atoms with E-state index >= 15 is 0 Å². The van der Waals surface area contributed by atoms with E-state index < -0.39 is 0 Å². The fourth-order valence-corrected chi connectivity index (χ4v) is 1.84. The number of nitrogens with zero attached hydrogens (tertiary/aromatic N) is 1. The van der Waals surface area contributed by atoms with Crippen molar-refractivity contribution in [2.45, 2.75) is 52.0 Å². The zero-order valence-electron chi connectivity index (χ0n) is 8.77. The molecule has 13 heavy (non-hydrogen) atoms. The minimum atomic E-state index is 0.0642. The van der Waals surface area contributed by atoms with Crippen LogP contribution in [0.1, 0.15) is 46.0 Å². The Morgan fingerprint density at radius 2 is 2.15 bits per heavy atom. The summed E-state index contributed by atoms with van der Waals surface area (Å²) >= 11 is 0. The first kappa shape index (κ1) is 10.5. The Bertz CT molecular complexity index is 189. The summed E-state index contributed by atoms with van der Waals surface area (Å²) in [5, 5.41) is 12.1. The van der Waals surface area contributed by atoms with Gasteiger partial charge in [-0.2, -0.15) is 5.26 Å². The summed E-state index contributed by atoms with van der Waals surface area (Å²) in [7, 11) is 0. The van der Waals surface area contributed by atoms with Gasteiger partial charge in [0, 0.05) is 6.54 Å². The van der Waals surface area contributed by atoms with E-state index in [0.717, 1.165) is 13.0 Å². The molecule has 74 valence electrons. The first-order valence-electron chi connectivity index (χ1n) is 5.39. The number of nitrogens with one attached hydrogen (secondary N) is 1. The van der Waals surface area contributed by atoms with Crippen LogP contribution in [0.3, 0.4) is 0 Å². The summed E-state index contributed by atoms with van der Waals surface area (Å²) in [5.74, 6) is 0. The maximum atomic E-state index is 8.76. The highest BCUT2D eigenvalue weighted by Gasteiger charge is 2.41. The standard InChI is InChI=1S/C11H20N2/c1-3-5-11(6-7-11)9-13-10(4-2)8-12/h10,13H,3-7,9H2,1-2H3. The SMILES string of the molecule is CCCC1(CNC(C#N)CC)CC1. The molecule has 1 saturated carbocycles. The van der Waals surface area contributed by atoms with E-state index in [1.165, 1.54) is 25.7 Å². The van der Waals surface area contributed by atoms with Gasteiger partial charge in [-0.25, -0.2) is 0 Å².